The molecule has 150 valence electrons. The average molecular weight is 399 g/mol. The number of rotatable bonds is 2. The van der Waals surface area contributed by atoms with Crippen molar-refractivity contribution < 1.29 is 4.79 Å². The Balaban J connectivity index is 1.71. The van der Waals surface area contributed by atoms with Gasteiger partial charge < -0.3 is 10.2 Å². The zero-order chi connectivity index (χ0) is 20.7. The van der Waals surface area contributed by atoms with Crippen molar-refractivity contribution in [2.24, 2.45) is 5.92 Å². The van der Waals surface area contributed by atoms with E-state index in [1.807, 2.05) is 47.4 Å². The van der Waals surface area contributed by atoms with E-state index in [0.29, 0.717) is 11.5 Å². The van der Waals surface area contributed by atoms with Crippen LogP contribution in [-0.2, 0) is 4.79 Å². The summed E-state index contributed by atoms with van der Waals surface area (Å²) in [6.07, 6.45) is 3.25. The van der Waals surface area contributed by atoms with Crippen molar-refractivity contribution in [3.63, 3.8) is 0 Å². The van der Waals surface area contributed by atoms with Gasteiger partial charge in [0.05, 0.1) is 11.6 Å². The first-order chi connectivity index (χ1) is 14.7. The lowest BCUT2D eigenvalue weighted by Crippen LogP contribution is -2.40. The van der Waals surface area contributed by atoms with Crippen LogP contribution in [-0.4, -0.2) is 29.0 Å². The second kappa shape index (κ2) is 7.30. The second-order valence-electron chi connectivity index (χ2n) is 7.84. The number of fused-ring (bicyclic) bond motifs is 2. The van der Waals surface area contributed by atoms with Crippen molar-refractivity contribution in [3.8, 4) is 6.07 Å². The monoisotopic (exact) mass is 399 g/mol. The summed E-state index contributed by atoms with van der Waals surface area (Å²) >= 11 is 0. The predicted octanol–water partition coefficient (Wildman–Crippen LogP) is 3.14. The molecule has 0 bridgehead atoms. The first kappa shape index (κ1) is 18.4. The fourth-order valence-electron chi connectivity index (χ4n) is 4.61. The van der Waals surface area contributed by atoms with E-state index in [0.717, 1.165) is 48.7 Å². The largest absolute Gasteiger partial charge is 0.342 e. The molecule has 2 aliphatic heterocycles. The molecule has 1 amide bonds. The van der Waals surface area contributed by atoms with Crippen molar-refractivity contribution >= 4 is 28.4 Å². The van der Waals surface area contributed by atoms with Crippen LogP contribution in [0.4, 0.5) is 11.8 Å². The minimum absolute atomic E-state index is 0.258. The van der Waals surface area contributed by atoms with Crippen LogP contribution in [0.5, 0.6) is 0 Å². The molecule has 1 saturated heterocycles. The second-order valence-corrected chi connectivity index (χ2v) is 7.84. The average Bonchev–Trinajstić information content (AvgIpc) is 2.78. The molecule has 0 radical (unpaired) electrons. The number of nitriles is 1. The third-order valence-corrected chi connectivity index (χ3v) is 6.06. The number of hydrogen-bond acceptors (Lipinski definition) is 5. The van der Waals surface area contributed by atoms with Gasteiger partial charge in [0, 0.05) is 19.0 Å². The molecule has 2 aliphatic rings. The Hall–Kier alpha value is -3.66. The molecule has 2 aromatic carbocycles. The quantitative estimate of drug-likeness (QED) is 0.689. The number of benzene rings is 2. The topological polar surface area (TPSA) is 102 Å². The highest BCUT2D eigenvalue weighted by Crippen LogP contribution is 2.40. The summed E-state index contributed by atoms with van der Waals surface area (Å²) in [7, 11) is 0. The van der Waals surface area contributed by atoms with Gasteiger partial charge in [0.2, 0.25) is 11.9 Å². The lowest BCUT2D eigenvalue weighted by Gasteiger charge is -2.31. The highest BCUT2D eigenvalue weighted by molar-refractivity contribution is 5.99. The van der Waals surface area contributed by atoms with Gasteiger partial charge >= 0.3 is 0 Å². The highest BCUT2D eigenvalue weighted by atomic mass is 16.2. The third-order valence-electron chi connectivity index (χ3n) is 6.06. The third kappa shape index (κ3) is 2.92. The van der Waals surface area contributed by atoms with Crippen LogP contribution in [0.25, 0.3) is 10.8 Å². The molecular formula is C23H21N5O2. The summed E-state index contributed by atoms with van der Waals surface area (Å²) in [4.78, 5) is 35.6. The summed E-state index contributed by atoms with van der Waals surface area (Å²) in [5.41, 5.74) is 0.825. The summed E-state index contributed by atoms with van der Waals surface area (Å²) < 4.78 is 0. The van der Waals surface area contributed by atoms with Crippen LogP contribution in [0.1, 0.15) is 36.3 Å². The smallest absolute Gasteiger partial charge is 0.258 e. The zero-order valence-electron chi connectivity index (χ0n) is 16.4. The fourth-order valence-corrected chi connectivity index (χ4v) is 4.61. The summed E-state index contributed by atoms with van der Waals surface area (Å²) in [6, 6.07) is 15.7. The Morgan fingerprint density at radius 2 is 1.80 bits per heavy atom. The molecule has 30 heavy (non-hydrogen) atoms. The number of piperidine rings is 1. The number of nitrogens with one attached hydrogen (secondary N) is 2. The van der Waals surface area contributed by atoms with Gasteiger partial charge in [0.25, 0.3) is 5.56 Å². The molecule has 0 spiro atoms. The molecule has 7 heteroatoms. The van der Waals surface area contributed by atoms with Crippen LogP contribution in [0.2, 0.25) is 0 Å². The van der Waals surface area contributed by atoms with Crippen LogP contribution < -0.4 is 15.8 Å². The van der Waals surface area contributed by atoms with Gasteiger partial charge in [-0.2, -0.15) is 10.2 Å². The number of amides is 1. The minimum Gasteiger partial charge on any atom is -0.342 e. The SMILES string of the molecule is N#CC1C(=O)Nc2nc(N3CCCCC3)[nH]c(=O)c2C1c1cccc2ccccc12. The number of aromatic nitrogens is 2. The maximum Gasteiger partial charge on any atom is 0.258 e. The fraction of sp³-hybridized carbons (Fsp3) is 0.304. The number of carbonyl (C=O) groups is 1. The Kier molecular flexibility index (Phi) is 4.47. The maximum absolute atomic E-state index is 13.2. The Labute approximate surface area is 173 Å². The molecule has 1 aromatic heterocycles. The van der Waals surface area contributed by atoms with E-state index in [1.165, 1.54) is 0 Å². The van der Waals surface area contributed by atoms with Crippen molar-refractivity contribution in [2.75, 3.05) is 23.3 Å². The summed E-state index contributed by atoms with van der Waals surface area (Å²) in [6.45, 7) is 1.65. The molecular weight excluding hydrogens is 378 g/mol. The van der Waals surface area contributed by atoms with Crippen molar-refractivity contribution in [2.45, 2.75) is 25.2 Å². The van der Waals surface area contributed by atoms with Gasteiger partial charge in [-0.25, -0.2) is 0 Å². The molecule has 2 atom stereocenters. The lowest BCUT2D eigenvalue weighted by atomic mass is 9.77. The van der Waals surface area contributed by atoms with Crippen molar-refractivity contribution in [1.29, 1.82) is 5.26 Å². The molecule has 3 aromatic rings. The number of aromatic amines is 1. The lowest BCUT2D eigenvalue weighted by molar-refractivity contribution is -0.119. The number of hydrogen-bond donors (Lipinski definition) is 2. The Bertz CT molecular complexity index is 1230. The van der Waals surface area contributed by atoms with Crippen molar-refractivity contribution in [3.05, 3.63) is 63.9 Å². The predicted molar refractivity (Wildman–Crippen MR) is 114 cm³/mol. The van der Waals surface area contributed by atoms with E-state index < -0.39 is 17.7 Å². The van der Waals surface area contributed by atoms with Gasteiger partial charge in [0.1, 0.15) is 11.7 Å². The number of nitrogens with zero attached hydrogens (tertiary/aromatic N) is 3. The number of H-pyrrole nitrogens is 1. The number of anilines is 2. The molecule has 7 nitrogen and oxygen atoms in total. The molecule has 2 unspecified atom stereocenters. The van der Waals surface area contributed by atoms with E-state index in [2.05, 4.69) is 21.4 Å². The standard InChI is InChI=1S/C23H21N5O2/c24-13-17-18(16-10-6-8-14-7-2-3-9-15(14)16)19-20(25-21(17)29)26-23(27-22(19)30)28-11-4-1-5-12-28/h2-3,6-10,17-18H,1,4-5,11-12H2,(H2,25,26,27,29,30). The highest BCUT2D eigenvalue weighted by Gasteiger charge is 2.41. The van der Waals surface area contributed by atoms with E-state index >= 15 is 0 Å². The number of carbonyl (C=O) groups excluding carboxylic acids is 1. The Morgan fingerprint density at radius 3 is 2.60 bits per heavy atom. The maximum atomic E-state index is 13.2. The Morgan fingerprint density at radius 1 is 1.03 bits per heavy atom. The van der Waals surface area contributed by atoms with Crippen molar-refractivity contribution in [1.82, 2.24) is 9.97 Å². The van der Waals surface area contributed by atoms with Gasteiger partial charge in [-0.1, -0.05) is 42.5 Å². The molecule has 5 rings (SSSR count). The van der Waals surface area contributed by atoms with E-state index in [4.69, 9.17) is 0 Å². The first-order valence-corrected chi connectivity index (χ1v) is 10.2. The van der Waals surface area contributed by atoms with E-state index in [-0.39, 0.29) is 11.4 Å². The van der Waals surface area contributed by atoms with Gasteiger partial charge in [0.15, 0.2) is 0 Å². The molecule has 0 aliphatic carbocycles. The minimum atomic E-state index is -1.01. The molecule has 1 fully saturated rings. The molecule has 2 N–H and O–H groups in total. The van der Waals surface area contributed by atoms with Crippen LogP contribution in [0, 0.1) is 17.2 Å². The first-order valence-electron chi connectivity index (χ1n) is 10.2. The normalized spacial score (nSPS) is 21.0. The van der Waals surface area contributed by atoms with Crippen LogP contribution in [0.3, 0.4) is 0 Å². The van der Waals surface area contributed by atoms with E-state index in [1.54, 1.807) is 0 Å². The molecule has 0 saturated carbocycles. The van der Waals surface area contributed by atoms with Crippen LogP contribution >= 0.6 is 0 Å². The summed E-state index contributed by atoms with van der Waals surface area (Å²) in [5.74, 6) is -1.38. The van der Waals surface area contributed by atoms with Gasteiger partial charge in [-0.15, -0.1) is 0 Å². The van der Waals surface area contributed by atoms with E-state index in [9.17, 15) is 14.9 Å². The zero-order valence-corrected chi connectivity index (χ0v) is 16.4. The molecule has 3 heterocycles. The summed E-state index contributed by atoms with van der Waals surface area (Å²) in [5, 5.41) is 14.4. The van der Waals surface area contributed by atoms with Crippen LogP contribution in [0.15, 0.2) is 47.3 Å². The van der Waals surface area contributed by atoms with Gasteiger partial charge in [-0.3, -0.25) is 14.6 Å². The van der Waals surface area contributed by atoms with Gasteiger partial charge in [-0.05, 0) is 35.6 Å².